The van der Waals surface area contributed by atoms with E-state index in [0.29, 0.717) is 19.5 Å². The van der Waals surface area contributed by atoms with Crippen molar-refractivity contribution in [1.29, 1.82) is 0 Å². The zero-order valence-electron chi connectivity index (χ0n) is 12.3. The number of hydrogen-bond acceptors (Lipinski definition) is 2. The van der Waals surface area contributed by atoms with Gasteiger partial charge in [-0.1, -0.05) is 26.3 Å². The average molecular weight is 302 g/mol. The Balaban J connectivity index is 3.09. The number of amides is 1. The molecule has 0 radical (unpaired) electrons. The van der Waals surface area contributed by atoms with Crippen molar-refractivity contribution in [3.05, 3.63) is 29.3 Å². The van der Waals surface area contributed by atoms with Crippen LogP contribution in [0.4, 0.5) is 18.9 Å². The highest BCUT2D eigenvalue weighted by molar-refractivity contribution is 6.00. The van der Waals surface area contributed by atoms with E-state index in [1.807, 2.05) is 13.8 Å². The van der Waals surface area contributed by atoms with Gasteiger partial charge in [0.15, 0.2) is 0 Å². The Morgan fingerprint density at radius 1 is 1.14 bits per heavy atom. The van der Waals surface area contributed by atoms with E-state index in [0.717, 1.165) is 18.9 Å². The SMILES string of the molecule is CCCCNC(=O)c1cccc(C(F)(F)F)c1NCCC. The quantitative estimate of drug-likeness (QED) is 0.746. The van der Waals surface area contributed by atoms with Crippen molar-refractivity contribution >= 4 is 11.6 Å². The number of halogens is 3. The third-order valence-electron chi connectivity index (χ3n) is 2.98. The summed E-state index contributed by atoms with van der Waals surface area (Å²) in [6.45, 7) is 4.66. The van der Waals surface area contributed by atoms with Crippen LogP contribution in [0, 0.1) is 0 Å². The van der Waals surface area contributed by atoms with Crippen LogP contribution in [0.2, 0.25) is 0 Å². The van der Waals surface area contributed by atoms with Gasteiger partial charge in [0.25, 0.3) is 5.91 Å². The molecule has 0 unspecified atom stereocenters. The fourth-order valence-corrected chi connectivity index (χ4v) is 1.89. The Kier molecular flexibility index (Phi) is 6.52. The first-order valence-electron chi connectivity index (χ1n) is 7.14. The first-order chi connectivity index (χ1) is 9.91. The number of hydrogen-bond donors (Lipinski definition) is 2. The Hall–Kier alpha value is -1.72. The van der Waals surface area contributed by atoms with Crippen LogP contribution in [0.15, 0.2) is 18.2 Å². The molecule has 0 heterocycles. The molecule has 2 N–H and O–H groups in total. The molecular weight excluding hydrogens is 281 g/mol. The Labute approximate surface area is 122 Å². The molecule has 1 amide bonds. The molecule has 0 saturated carbocycles. The molecule has 0 aliphatic carbocycles. The Morgan fingerprint density at radius 3 is 2.43 bits per heavy atom. The van der Waals surface area contributed by atoms with Crippen molar-refractivity contribution in [3.8, 4) is 0 Å². The molecule has 6 heteroatoms. The predicted octanol–water partition coefficient (Wildman–Crippen LogP) is 4.06. The summed E-state index contributed by atoms with van der Waals surface area (Å²) in [5.74, 6) is -0.479. The number of rotatable bonds is 7. The van der Waals surface area contributed by atoms with Crippen LogP contribution < -0.4 is 10.6 Å². The van der Waals surface area contributed by atoms with Gasteiger partial charge in [0.2, 0.25) is 0 Å². The van der Waals surface area contributed by atoms with Gasteiger partial charge in [0, 0.05) is 13.1 Å². The van der Waals surface area contributed by atoms with Crippen molar-refractivity contribution in [3.63, 3.8) is 0 Å². The number of carbonyl (C=O) groups is 1. The second kappa shape index (κ2) is 7.90. The molecule has 118 valence electrons. The lowest BCUT2D eigenvalue weighted by Crippen LogP contribution is -2.26. The number of unbranched alkanes of at least 4 members (excludes halogenated alkanes) is 1. The van der Waals surface area contributed by atoms with Gasteiger partial charge in [-0.3, -0.25) is 4.79 Å². The molecule has 0 aliphatic rings. The van der Waals surface area contributed by atoms with Crippen LogP contribution in [0.25, 0.3) is 0 Å². The van der Waals surface area contributed by atoms with Gasteiger partial charge in [0.1, 0.15) is 0 Å². The van der Waals surface area contributed by atoms with E-state index in [9.17, 15) is 18.0 Å². The van der Waals surface area contributed by atoms with Crippen molar-refractivity contribution in [2.45, 2.75) is 39.3 Å². The minimum Gasteiger partial charge on any atom is -0.384 e. The van der Waals surface area contributed by atoms with Crippen LogP contribution in [-0.4, -0.2) is 19.0 Å². The molecule has 1 aromatic rings. The number of nitrogens with one attached hydrogen (secondary N) is 2. The average Bonchev–Trinajstić information content (AvgIpc) is 2.43. The Morgan fingerprint density at radius 2 is 1.86 bits per heavy atom. The van der Waals surface area contributed by atoms with Gasteiger partial charge in [-0.05, 0) is 25.0 Å². The maximum atomic E-state index is 13.1. The van der Waals surface area contributed by atoms with Crippen LogP contribution in [0.5, 0.6) is 0 Å². The number of anilines is 1. The van der Waals surface area contributed by atoms with Crippen LogP contribution in [0.1, 0.15) is 49.0 Å². The molecule has 1 aromatic carbocycles. The number of para-hydroxylation sites is 1. The maximum absolute atomic E-state index is 13.1. The van der Waals surface area contributed by atoms with E-state index >= 15 is 0 Å². The zero-order valence-corrected chi connectivity index (χ0v) is 12.3. The van der Waals surface area contributed by atoms with Crippen LogP contribution in [-0.2, 0) is 6.18 Å². The molecule has 1 rings (SSSR count). The molecule has 0 spiro atoms. The summed E-state index contributed by atoms with van der Waals surface area (Å²) in [6.07, 6.45) is -2.12. The smallest absolute Gasteiger partial charge is 0.384 e. The van der Waals surface area contributed by atoms with Crippen molar-refractivity contribution in [1.82, 2.24) is 5.32 Å². The van der Waals surface area contributed by atoms with E-state index < -0.39 is 17.6 Å². The molecular formula is C15H21F3N2O. The summed E-state index contributed by atoms with van der Waals surface area (Å²) >= 11 is 0. The second-order valence-electron chi connectivity index (χ2n) is 4.76. The van der Waals surface area contributed by atoms with E-state index in [1.54, 1.807) is 0 Å². The molecule has 21 heavy (non-hydrogen) atoms. The lowest BCUT2D eigenvalue weighted by atomic mass is 10.1. The second-order valence-corrected chi connectivity index (χ2v) is 4.76. The highest BCUT2D eigenvalue weighted by Crippen LogP contribution is 2.36. The molecule has 0 aromatic heterocycles. The van der Waals surface area contributed by atoms with Crippen LogP contribution >= 0.6 is 0 Å². The van der Waals surface area contributed by atoms with E-state index in [4.69, 9.17) is 0 Å². The highest BCUT2D eigenvalue weighted by Gasteiger charge is 2.35. The van der Waals surface area contributed by atoms with Gasteiger partial charge in [-0.15, -0.1) is 0 Å². The number of alkyl halides is 3. The standard InChI is InChI=1S/C15H21F3N2O/c1-3-5-10-20-14(21)11-7-6-8-12(15(16,17)18)13(11)19-9-4-2/h6-8,19H,3-5,9-10H2,1-2H3,(H,20,21). The molecule has 0 atom stereocenters. The minimum atomic E-state index is -4.49. The highest BCUT2D eigenvalue weighted by atomic mass is 19.4. The molecule has 0 aliphatic heterocycles. The number of carbonyl (C=O) groups excluding carboxylic acids is 1. The van der Waals surface area contributed by atoms with E-state index in [2.05, 4.69) is 10.6 Å². The first-order valence-corrected chi connectivity index (χ1v) is 7.14. The van der Waals surface area contributed by atoms with Gasteiger partial charge in [0.05, 0.1) is 16.8 Å². The lowest BCUT2D eigenvalue weighted by Gasteiger charge is -2.18. The Bertz CT molecular complexity index is 472. The van der Waals surface area contributed by atoms with Crippen LogP contribution in [0.3, 0.4) is 0 Å². The van der Waals surface area contributed by atoms with Gasteiger partial charge < -0.3 is 10.6 Å². The lowest BCUT2D eigenvalue weighted by molar-refractivity contribution is -0.137. The molecule has 0 fully saturated rings. The zero-order chi connectivity index (χ0) is 15.9. The molecule has 3 nitrogen and oxygen atoms in total. The summed E-state index contributed by atoms with van der Waals surface area (Å²) in [5, 5.41) is 5.38. The van der Waals surface area contributed by atoms with Gasteiger partial charge in [-0.2, -0.15) is 13.2 Å². The fourth-order valence-electron chi connectivity index (χ4n) is 1.89. The first kappa shape index (κ1) is 17.3. The normalized spacial score (nSPS) is 11.3. The third kappa shape index (κ3) is 4.95. The summed E-state index contributed by atoms with van der Waals surface area (Å²) in [5.41, 5.74) is -0.908. The summed E-state index contributed by atoms with van der Waals surface area (Å²) in [4.78, 5) is 12.1. The molecule has 0 bridgehead atoms. The topological polar surface area (TPSA) is 41.1 Å². The molecule has 0 saturated heterocycles. The fraction of sp³-hybridized carbons (Fsp3) is 0.533. The van der Waals surface area contributed by atoms with E-state index in [-0.39, 0.29) is 11.3 Å². The summed E-state index contributed by atoms with van der Waals surface area (Å²) < 4.78 is 39.2. The van der Waals surface area contributed by atoms with E-state index in [1.165, 1.54) is 12.1 Å². The van der Waals surface area contributed by atoms with Crippen molar-refractivity contribution < 1.29 is 18.0 Å². The third-order valence-corrected chi connectivity index (χ3v) is 2.98. The predicted molar refractivity (Wildman–Crippen MR) is 77.5 cm³/mol. The van der Waals surface area contributed by atoms with Gasteiger partial charge >= 0.3 is 6.18 Å². The summed E-state index contributed by atoms with van der Waals surface area (Å²) in [6, 6.07) is 3.66. The maximum Gasteiger partial charge on any atom is 0.418 e. The minimum absolute atomic E-state index is 0.0365. The largest absolute Gasteiger partial charge is 0.418 e. The van der Waals surface area contributed by atoms with Gasteiger partial charge in [-0.25, -0.2) is 0 Å². The van der Waals surface area contributed by atoms with Crippen molar-refractivity contribution in [2.24, 2.45) is 0 Å². The van der Waals surface area contributed by atoms with Crippen molar-refractivity contribution in [2.75, 3.05) is 18.4 Å². The monoisotopic (exact) mass is 302 g/mol. The summed E-state index contributed by atoms with van der Waals surface area (Å²) in [7, 11) is 0. The number of benzene rings is 1.